The fraction of sp³-hybridized carbons (Fsp3) is 0.667. The summed E-state index contributed by atoms with van der Waals surface area (Å²) in [4.78, 5) is 2.48. The number of nitrogens with one attached hydrogen (secondary N) is 1. The van der Waals surface area contributed by atoms with Crippen molar-refractivity contribution in [2.24, 2.45) is 0 Å². The quantitative estimate of drug-likeness (QED) is 0.693. The molecule has 0 aliphatic carbocycles. The van der Waals surface area contributed by atoms with Crippen LogP contribution in [-0.4, -0.2) is 37.1 Å². The summed E-state index contributed by atoms with van der Waals surface area (Å²) >= 11 is 6.39. The highest BCUT2D eigenvalue weighted by Crippen LogP contribution is 2.20. The minimum Gasteiger partial charge on any atom is -0.314 e. The zero-order chi connectivity index (χ0) is 15.7. The van der Waals surface area contributed by atoms with Crippen molar-refractivity contribution < 1.29 is 0 Å². The predicted octanol–water partition coefficient (Wildman–Crippen LogP) is 4.29. The van der Waals surface area contributed by atoms with E-state index < -0.39 is 0 Å². The Balaban J connectivity index is 2.63. The zero-order valence-electron chi connectivity index (χ0n) is 14.1. The number of nitrogens with zero attached hydrogens (tertiary/aromatic N) is 1. The number of aryl methyl sites for hydroxylation is 1. The van der Waals surface area contributed by atoms with Gasteiger partial charge in [-0.3, -0.25) is 0 Å². The van der Waals surface area contributed by atoms with Crippen LogP contribution in [0.2, 0.25) is 5.02 Å². The molecule has 3 heteroatoms. The first kappa shape index (κ1) is 18.5. The zero-order valence-corrected chi connectivity index (χ0v) is 14.8. The molecule has 0 aliphatic heterocycles. The van der Waals surface area contributed by atoms with E-state index in [1.807, 2.05) is 0 Å². The van der Waals surface area contributed by atoms with Crippen LogP contribution in [0.3, 0.4) is 0 Å². The molecule has 21 heavy (non-hydrogen) atoms. The van der Waals surface area contributed by atoms with Crippen LogP contribution < -0.4 is 5.32 Å². The number of hydrogen-bond acceptors (Lipinski definition) is 2. The molecule has 0 spiro atoms. The number of rotatable bonds is 10. The Bertz CT molecular complexity index is 402. The summed E-state index contributed by atoms with van der Waals surface area (Å²) in [7, 11) is 0. The van der Waals surface area contributed by atoms with Gasteiger partial charge in [0.05, 0.1) is 0 Å². The van der Waals surface area contributed by atoms with E-state index in [9.17, 15) is 0 Å². The van der Waals surface area contributed by atoms with Crippen LogP contribution in [0, 0.1) is 6.92 Å². The fourth-order valence-corrected chi connectivity index (χ4v) is 2.90. The summed E-state index contributed by atoms with van der Waals surface area (Å²) in [6, 6.07) is 6.90. The molecule has 0 heterocycles. The van der Waals surface area contributed by atoms with Crippen molar-refractivity contribution in [2.45, 2.75) is 53.0 Å². The van der Waals surface area contributed by atoms with Gasteiger partial charge in [-0.15, -0.1) is 0 Å². The first-order valence-electron chi connectivity index (χ1n) is 8.31. The van der Waals surface area contributed by atoms with Gasteiger partial charge in [-0.05, 0) is 69.6 Å². The molecule has 0 saturated carbocycles. The third-order valence-electron chi connectivity index (χ3n) is 4.05. The lowest BCUT2D eigenvalue weighted by Gasteiger charge is -2.24. The SMILES string of the molecule is CCCNC(CCN(CC)CC)Cc1ccc(C)cc1Cl. The first-order valence-corrected chi connectivity index (χ1v) is 8.69. The van der Waals surface area contributed by atoms with Gasteiger partial charge in [0.25, 0.3) is 0 Å². The predicted molar refractivity (Wildman–Crippen MR) is 94.4 cm³/mol. The van der Waals surface area contributed by atoms with Crippen LogP contribution in [0.5, 0.6) is 0 Å². The third-order valence-corrected chi connectivity index (χ3v) is 4.40. The molecule has 1 atom stereocenters. The highest BCUT2D eigenvalue weighted by Gasteiger charge is 2.12. The Morgan fingerprint density at radius 1 is 1.19 bits per heavy atom. The maximum Gasteiger partial charge on any atom is 0.0441 e. The topological polar surface area (TPSA) is 15.3 Å². The molecule has 0 bridgehead atoms. The van der Waals surface area contributed by atoms with Gasteiger partial charge in [-0.25, -0.2) is 0 Å². The van der Waals surface area contributed by atoms with Gasteiger partial charge in [-0.1, -0.05) is 44.5 Å². The Kier molecular flexibility index (Phi) is 8.98. The third kappa shape index (κ3) is 6.82. The second-order valence-electron chi connectivity index (χ2n) is 5.77. The molecular formula is C18H31ClN2. The smallest absolute Gasteiger partial charge is 0.0441 e. The summed E-state index contributed by atoms with van der Waals surface area (Å²) in [5.41, 5.74) is 2.49. The van der Waals surface area contributed by atoms with Crippen molar-refractivity contribution in [3.05, 3.63) is 34.3 Å². The maximum absolute atomic E-state index is 6.39. The molecule has 1 N–H and O–H groups in total. The van der Waals surface area contributed by atoms with Gasteiger partial charge in [0, 0.05) is 11.1 Å². The normalized spacial score (nSPS) is 12.9. The molecule has 0 aliphatic rings. The van der Waals surface area contributed by atoms with Crippen LogP contribution in [0.25, 0.3) is 0 Å². The van der Waals surface area contributed by atoms with Crippen molar-refractivity contribution in [3.63, 3.8) is 0 Å². The largest absolute Gasteiger partial charge is 0.314 e. The van der Waals surface area contributed by atoms with Crippen molar-refractivity contribution >= 4 is 11.6 Å². The average molecular weight is 311 g/mol. The highest BCUT2D eigenvalue weighted by atomic mass is 35.5. The van der Waals surface area contributed by atoms with Gasteiger partial charge in [0.1, 0.15) is 0 Å². The van der Waals surface area contributed by atoms with E-state index in [-0.39, 0.29) is 0 Å². The second-order valence-corrected chi connectivity index (χ2v) is 6.17. The van der Waals surface area contributed by atoms with Crippen LogP contribution in [0.4, 0.5) is 0 Å². The summed E-state index contributed by atoms with van der Waals surface area (Å²) in [6.07, 6.45) is 3.36. The van der Waals surface area contributed by atoms with E-state index in [2.05, 4.69) is 56.1 Å². The molecule has 0 amide bonds. The number of halogens is 1. The van der Waals surface area contributed by atoms with Crippen molar-refractivity contribution in [1.82, 2.24) is 10.2 Å². The van der Waals surface area contributed by atoms with E-state index in [1.165, 1.54) is 24.0 Å². The first-order chi connectivity index (χ1) is 10.1. The van der Waals surface area contributed by atoms with Crippen molar-refractivity contribution in [2.75, 3.05) is 26.2 Å². The minimum atomic E-state index is 0.505. The molecule has 1 aromatic rings. The van der Waals surface area contributed by atoms with Crippen LogP contribution in [0.1, 0.15) is 44.7 Å². The molecule has 2 nitrogen and oxygen atoms in total. The van der Waals surface area contributed by atoms with Crippen LogP contribution >= 0.6 is 11.6 Å². The Hall–Kier alpha value is -0.570. The summed E-state index contributed by atoms with van der Waals surface area (Å²) in [6.45, 7) is 13.2. The lowest BCUT2D eigenvalue weighted by atomic mass is 10.0. The standard InChI is InChI=1S/C18H31ClN2/c1-5-11-20-17(10-12-21(6-2)7-3)14-16-9-8-15(4)13-18(16)19/h8-9,13,17,20H,5-7,10-12,14H2,1-4H3. The number of hydrogen-bond donors (Lipinski definition) is 1. The maximum atomic E-state index is 6.39. The van der Waals surface area contributed by atoms with E-state index >= 15 is 0 Å². The van der Waals surface area contributed by atoms with Gasteiger partial charge >= 0.3 is 0 Å². The van der Waals surface area contributed by atoms with Gasteiger partial charge in [0.15, 0.2) is 0 Å². The van der Waals surface area contributed by atoms with E-state index in [1.54, 1.807) is 0 Å². The van der Waals surface area contributed by atoms with Crippen LogP contribution in [0.15, 0.2) is 18.2 Å². The summed E-state index contributed by atoms with van der Waals surface area (Å²) in [5.74, 6) is 0. The molecule has 120 valence electrons. The van der Waals surface area contributed by atoms with Gasteiger partial charge in [-0.2, -0.15) is 0 Å². The van der Waals surface area contributed by atoms with Crippen molar-refractivity contribution in [3.8, 4) is 0 Å². The van der Waals surface area contributed by atoms with E-state index in [0.717, 1.165) is 37.6 Å². The molecule has 1 aromatic carbocycles. The molecular weight excluding hydrogens is 280 g/mol. The van der Waals surface area contributed by atoms with Gasteiger partial charge < -0.3 is 10.2 Å². The average Bonchev–Trinajstić information content (AvgIpc) is 2.47. The Labute approximate surface area is 135 Å². The van der Waals surface area contributed by atoms with E-state index in [4.69, 9.17) is 11.6 Å². The molecule has 0 radical (unpaired) electrons. The molecule has 0 saturated heterocycles. The van der Waals surface area contributed by atoms with Crippen molar-refractivity contribution in [1.29, 1.82) is 0 Å². The molecule has 0 fully saturated rings. The van der Waals surface area contributed by atoms with Gasteiger partial charge in [0.2, 0.25) is 0 Å². The highest BCUT2D eigenvalue weighted by molar-refractivity contribution is 6.31. The Morgan fingerprint density at radius 3 is 2.48 bits per heavy atom. The fourth-order valence-electron chi connectivity index (χ4n) is 2.59. The monoisotopic (exact) mass is 310 g/mol. The number of benzene rings is 1. The molecule has 0 aromatic heterocycles. The molecule has 1 rings (SSSR count). The summed E-state index contributed by atoms with van der Waals surface area (Å²) in [5, 5.41) is 4.58. The van der Waals surface area contributed by atoms with E-state index in [0.29, 0.717) is 6.04 Å². The lowest BCUT2D eigenvalue weighted by Crippen LogP contribution is -2.36. The minimum absolute atomic E-state index is 0.505. The lowest BCUT2D eigenvalue weighted by molar-refractivity contribution is 0.280. The summed E-state index contributed by atoms with van der Waals surface area (Å²) < 4.78 is 0. The second kappa shape index (κ2) is 10.2. The Morgan fingerprint density at radius 2 is 1.90 bits per heavy atom. The van der Waals surface area contributed by atoms with Crippen LogP contribution in [-0.2, 0) is 6.42 Å². The molecule has 1 unspecified atom stereocenters.